The molecule has 1 saturated heterocycles. The summed E-state index contributed by atoms with van der Waals surface area (Å²) in [6.45, 7) is 3.31. The van der Waals surface area contributed by atoms with Gasteiger partial charge in [0.25, 0.3) is 0 Å². The van der Waals surface area contributed by atoms with Crippen LogP contribution < -0.4 is 15.6 Å². The molecule has 4 rings (SSSR count). The highest BCUT2D eigenvalue weighted by atomic mass is 19.1. The summed E-state index contributed by atoms with van der Waals surface area (Å²) in [6, 6.07) is 8.76. The van der Waals surface area contributed by atoms with Gasteiger partial charge in [-0.25, -0.2) is 13.8 Å². The van der Waals surface area contributed by atoms with Crippen molar-refractivity contribution < 1.29 is 23.0 Å². The maximum Gasteiger partial charge on any atom is 0.247 e. The fourth-order valence-electron chi connectivity index (χ4n) is 3.44. The summed E-state index contributed by atoms with van der Waals surface area (Å²) in [7, 11) is 0. The van der Waals surface area contributed by atoms with E-state index >= 15 is 0 Å². The van der Waals surface area contributed by atoms with Crippen LogP contribution >= 0.6 is 0 Å². The maximum absolute atomic E-state index is 13.7. The van der Waals surface area contributed by atoms with Crippen molar-refractivity contribution in [2.24, 2.45) is 0 Å². The number of anilines is 1. The lowest BCUT2D eigenvalue weighted by Gasteiger charge is -2.36. The minimum absolute atomic E-state index is 0.132. The molecule has 10 heteroatoms. The molecule has 1 amide bonds. The van der Waals surface area contributed by atoms with Gasteiger partial charge in [0.1, 0.15) is 17.4 Å². The second kappa shape index (κ2) is 9.88. The van der Waals surface area contributed by atoms with Crippen LogP contribution in [-0.4, -0.2) is 46.5 Å². The molecule has 0 spiro atoms. The van der Waals surface area contributed by atoms with Gasteiger partial charge >= 0.3 is 0 Å². The predicted octanol–water partition coefficient (Wildman–Crippen LogP) is 3.24. The van der Waals surface area contributed by atoms with E-state index in [-0.39, 0.29) is 29.1 Å². The quantitative estimate of drug-likeness (QED) is 0.591. The lowest BCUT2D eigenvalue weighted by Crippen LogP contribution is -2.48. The highest BCUT2D eigenvalue weighted by Gasteiger charge is 2.29. The molecule has 1 fully saturated rings. The summed E-state index contributed by atoms with van der Waals surface area (Å²) in [4.78, 5) is 32.8. The van der Waals surface area contributed by atoms with Crippen LogP contribution in [-0.2, 0) is 9.53 Å². The van der Waals surface area contributed by atoms with E-state index in [0.29, 0.717) is 25.5 Å². The van der Waals surface area contributed by atoms with Crippen molar-refractivity contribution in [2.45, 2.75) is 19.1 Å². The Morgan fingerprint density at radius 3 is 2.82 bits per heavy atom. The van der Waals surface area contributed by atoms with Crippen LogP contribution in [0.1, 0.15) is 18.6 Å². The first-order valence-corrected chi connectivity index (χ1v) is 10.3. The zero-order chi connectivity index (χ0) is 23.4. The molecular formula is C23H22F2N4O4. The summed E-state index contributed by atoms with van der Waals surface area (Å²) >= 11 is 0. The topological polar surface area (TPSA) is 96.5 Å². The maximum atomic E-state index is 13.7. The van der Waals surface area contributed by atoms with E-state index in [4.69, 9.17) is 9.47 Å². The fourth-order valence-corrected chi connectivity index (χ4v) is 3.44. The van der Waals surface area contributed by atoms with Crippen LogP contribution in [0.25, 0.3) is 0 Å². The zero-order valence-electron chi connectivity index (χ0n) is 17.8. The van der Waals surface area contributed by atoms with Crippen LogP contribution in [0.15, 0.2) is 59.7 Å². The van der Waals surface area contributed by atoms with E-state index in [0.717, 1.165) is 17.7 Å². The van der Waals surface area contributed by atoms with Crippen LogP contribution in [0.2, 0.25) is 0 Å². The molecule has 3 aromatic rings. The Bertz CT molecular complexity index is 1170. The number of rotatable bonds is 6. The van der Waals surface area contributed by atoms with E-state index in [9.17, 15) is 18.4 Å². The molecule has 1 aliphatic heterocycles. The van der Waals surface area contributed by atoms with Gasteiger partial charge in [-0.05, 0) is 42.8 Å². The molecule has 2 aromatic heterocycles. The number of hydrogen-bond donors (Lipinski definition) is 2. The molecule has 1 aromatic carbocycles. The molecular weight excluding hydrogens is 434 g/mol. The van der Waals surface area contributed by atoms with Gasteiger partial charge in [-0.15, -0.1) is 0 Å². The molecule has 33 heavy (non-hydrogen) atoms. The van der Waals surface area contributed by atoms with Crippen LogP contribution in [0, 0.1) is 11.6 Å². The Balaban J connectivity index is 1.35. The number of ether oxygens (including phenoxy) is 2. The molecule has 2 unspecified atom stereocenters. The third kappa shape index (κ3) is 5.60. The number of carbonyl (C=O) groups is 1. The molecule has 0 radical (unpaired) electrons. The first kappa shape index (κ1) is 22.6. The molecule has 2 N–H and O–H groups in total. The number of aromatic amines is 1. The normalized spacial score (nSPS) is 17.4. The summed E-state index contributed by atoms with van der Waals surface area (Å²) in [5.41, 5.74) is 0.646. The summed E-state index contributed by atoms with van der Waals surface area (Å²) < 4.78 is 37.9. The van der Waals surface area contributed by atoms with Crippen molar-refractivity contribution in [3.05, 3.63) is 82.4 Å². The van der Waals surface area contributed by atoms with Crippen molar-refractivity contribution in [2.75, 3.05) is 25.0 Å². The Kier molecular flexibility index (Phi) is 6.76. The number of nitrogens with one attached hydrogen (secondary N) is 2. The van der Waals surface area contributed by atoms with Crippen LogP contribution in [0.5, 0.6) is 11.5 Å². The van der Waals surface area contributed by atoms with Crippen LogP contribution in [0.4, 0.5) is 14.6 Å². The number of halogens is 2. The van der Waals surface area contributed by atoms with Crippen LogP contribution in [0.3, 0.4) is 0 Å². The van der Waals surface area contributed by atoms with E-state index in [1.807, 2.05) is 4.90 Å². The van der Waals surface area contributed by atoms with Gasteiger partial charge in [-0.2, -0.15) is 0 Å². The molecule has 1 aliphatic rings. The van der Waals surface area contributed by atoms with Gasteiger partial charge in [0.15, 0.2) is 11.6 Å². The minimum Gasteiger partial charge on any atom is -0.453 e. The van der Waals surface area contributed by atoms with E-state index in [1.165, 1.54) is 30.5 Å². The number of hydrogen-bond acceptors (Lipinski definition) is 6. The number of amides is 1. The van der Waals surface area contributed by atoms with Gasteiger partial charge in [-0.3, -0.25) is 14.5 Å². The first-order valence-electron chi connectivity index (χ1n) is 10.3. The number of benzene rings is 1. The average Bonchev–Trinajstić information content (AvgIpc) is 2.82. The predicted molar refractivity (Wildman–Crippen MR) is 116 cm³/mol. The molecule has 0 bridgehead atoms. The Labute approximate surface area is 188 Å². The fraction of sp³-hybridized carbons (Fsp3) is 0.261. The van der Waals surface area contributed by atoms with Gasteiger partial charge in [0.05, 0.1) is 24.9 Å². The zero-order valence-corrected chi connectivity index (χ0v) is 17.8. The van der Waals surface area contributed by atoms with Gasteiger partial charge in [-0.1, -0.05) is 0 Å². The summed E-state index contributed by atoms with van der Waals surface area (Å²) in [5.74, 6) is -1.36. The average molecular weight is 456 g/mol. The van der Waals surface area contributed by atoms with Gasteiger partial charge in [0, 0.05) is 31.4 Å². The van der Waals surface area contributed by atoms with Crippen molar-refractivity contribution in [1.82, 2.24) is 14.9 Å². The Morgan fingerprint density at radius 2 is 2.12 bits per heavy atom. The molecule has 0 aliphatic carbocycles. The summed E-state index contributed by atoms with van der Waals surface area (Å²) in [6.07, 6.45) is 2.70. The SMILES string of the molecule is CC(C(=O)Nc1ccc(Oc2ccc(F)cc2F)cn1)N1CCOC(c2ccc(=O)[nH]c2)C1. The number of aromatic nitrogens is 2. The number of H-pyrrole nitrogens is 1. The third-order valence-electron chi connectivity index (χ3n) is 5.31. The molecule has 8 nitrogen and oxygen atoms in total. The Hall–Kier alpha value is -3.63. The number of pyridine rings is 2. The molecule has 172 valence electrons. The lowest BCUT2D eigenvalue weighted by molar-refractivity contribution is -0.124. The standard InChI is InChI=1S/C23H22F2N4O4/c1-14(29-8-9-32-20(13-29)15-2-7-22(30)27-11-15)23(31)28-21-6-4-17(12-26-21)33-19-5-3-16(24)10-18(19)25/h2-7,10-12,14,20H,8-9,13H2,1H3,(H,27,30)(H,26,28,31). The van der Waals surface area contributed by atoms with Crippen molar-refractivity contribution in [3.8, 4) is 11.5 Å². The molecule has 3 heterocycles. The Morgan fingerprint density at radius 1 is 1.27 bits per heavy atom. The minimum atomic E-state index is -0.827. The van der Waals surface area contributed by atoms with Crippen molar-refractivity contribution in [1.29, 1.82) is 0 Å². The van der Waals surface area contributed by atoms with Gasteiger partial charge < -0.3 is 19.8 Å². The number of carbonyl (C=O) groups excluding carboxylic acids is 1. The smallest absolute Gasteiger partial charge is 0.247 e. The van der Waals surface area contributed by atoms with Crippen molar-refractivity contribution >= 4 is 11.7 Å². The molecule has 2 atom stereocenters. The second-order valence-electron chi connectivity index (χ2n) is 7.56. The highest BCUT2D eigenvalue weighted by Crippen LogP contribution is 2.26. The first-order chi connectivity index (χ1) is 15.9. The number of nitrogens with zero attached hydrogens (tertiary/aromatic N) is 2. The molecule has 0 saturated carbocycles. The highest BCUT2D eigenvalue weighted by molar-refractivity contribution is 5.93. The van der Waals surface area contributed by atoms with Crippen molar-refractivity contribution in [3.63, 3.8) is 0 Å². The van der Waals surface area contributed by atoms with E-state index in [1.54, 1.807) is 19.2 Å². The second-order valence-corrected chi connectivity index (χ2v) is 7.56. The van der Waals surface area contributed by atoms with Gasteiger partial charge in [0.2, 0.25) is 11.5 Å². The number of morpholine rings is 1. The third-order valence-corrected chi connectivity index (χ3v) is 5.31. The van der Waals surface area contributed by atoms with E-state index < -0.39 is 17.7 Å². The lowest BCUT2D eigenvalue weighted by atomic mass is 10.1. The monoisotopic (exact) mass is 456 g/mol. The summed E-state index contributed by atoms with van der Waals surface area (Å²) in [5, 5.41) is 2.75. The van der Waals surface area contributed by atoms with E-state index in [2.05, 4.69) is 15.3 Å². The largest absolute Gasteiger partial charge is 0.453 e.